The minimum Gasteiger partial charge on any atom is -0.496 e. The van der Waals surface area contributed by atoms with Crippen molar-refractivity contribution >= 4 is 23.2 Å². The molecule has 0 saturated heterocycles. The lowest BCUT2D eigenvalue weighted by Gasteiger charge is -2.41. The van der Waals surface area contributed by atoms with Crippen LogP contribution in [0.15, 0.2) is 54.7 Å². The van der Waals surface area contributed by atoms with Crippen molar-refractivity contribution in [3.05, 3.63) is 81.5 Å². The molecular formula is C36H40Cl2N4O4. The average Bonchev–Trinajstić information content (AvgIpc) is 3.02. The fourth-order valence-corrected chi connectivity index (χ4v) is 7.30. The predicted molar refractivity (Wildman–Crippen MR) is 183 cm³/mol. The molecule has 0 spiro atoms. The summed E-state index contributed by atoms with van der Waals surface area (Å²) < 4.78 is 11.5. The van der Waals surface area contributed by atoms with Crippen molar-refractivity contribution in [1.29, 1.82) is 0 Å². The first kappa shape index (κ1) is 32.7. The van der Waals surface area contributed by atoms with Gasteiger partial charge in [0.1, 0.15) is 5.75 Å². The van der Waals surface area contributed by atoms with Crippen molar-refractivity contribution in [2.24, 2.45) is 0 Å². The van der Waals surface area contributed by atoms with E-state index < -0.39 is 5.60 Å². The second-order valence-electron chi connectivity index (χ2n) is 12.7. The molecule has 2 aromatic heterocycles. The van der Waals surface area contributed by atoms with Crippen molar-refractivity contribution < 1.29 is 19.7 Å². The molecule has 3 heterocycles. The van der Waals surface area contributed by atoms with Crippen LogP contribution in [0.2, 0.25) is 10.0 Å². The number of hydrogen-bond donors (Lipinski definition) is 3. The van der Waals surface area contributed by atoms with E-state index in [1.54, 1.807) is 20.4 Å². The monoisotopic (exact) mass is 662 g/mol. The number of β-amino-alcohol motifs (C(OH)–C–C–N with tert-alkyl or cyclic N) is 1. The van der Waals surface area contributed by atoms with Crippen molar-refractivity contribution in [2.75, 3.05) is 27.3 Å². The van der Waals surface area contributed by atoms with Crippen LogP contribution >= 0.6 is 23.2 Å². The van der Waals surface area contributed by atoms with Crippen LogP contribution in [-0.4, -0.2) is 70.1 Å². The van der Waals surface area contributed by atoms with Crippen LogP contribution in [0.3, 0.4) is 0 Å². The Morgan fingerprint density at radius 1 is 1.04 bits per heavy atom. The zero-order chi connectivity index (χ0) is 32.6. The van der Waals surface area contributed by atoms with Crippen LogP contribution in [0.25, 0.3) is 33.6 Å². The first-order chi connectivity index (χ1) is 22.1. The highest BCUT2D eigenvalue weighted by Crippen LogP contribution is 2.43. The second-order valence-corrected chi connectivity index (χ2v) is 13.4. The second kappa shape index (κ2) is 13.5. The van der Waals surface area contributed by atoms with E-state index in [1.807, 2.05) is 56.3 Å². The van der Waals surface area contributed by atoms with Gasteiger partial charge in [0.25, 0.3) is 0 Å². The molecule has 0 bridgehead atoms. The minimum atomic E-state index is -0.583. The van der Waals surface area contributed by atoms with E-state index in [1.165, 1.54) is 5.56 Å². The van der Waals surface area contributed by atoms with E-state index in [2.05, 4.69) is 21.3 Å². The van der Waals surface area contributed by atoms with E-state index in [0.29, 0.717) is 46.9 Å². The van der Waals surface area contributed by atoms with Crippen LogP contribution in [0.1, 0.15) is 43.4 Å². The average molecular weight is 664 g/mol. The predicted octanol–water partition coefficient (Wildman–Crippen LogP) is 6.54. The molecule has 1 saturated carbocycles. The molecule has 1 atom stereocenters. The molecule has 46 heavy (non-hydrogen) atoms. The number of aliphatic hydroxyl groups is 2. The summed E-state index contributed by atoms with van der Waals surface area (Å²) in [6.45, 7) is 6.45. The van der Waals surface area contributed by atoms with Gasteiger partial charge in [0, 0.05) is 71.8 Å². The van der Waals surface area contributed by atoms with Crippen LogP contribution < -0.4 is 14.8 Å². The number of fused-ring (bicyclic) bond motifs is 1. The Balaban J connectivity index is 1.29. The van der Waals surface area contributed by atoms with E-state index in [0.717, 1.165) is 64.9 Å². The number of hydrogen-bond acceptors (Lipinski definition) is 8. The van der Waals surface area contributed by atoms with Gasteiger partial charge < -0.3 is 25.0 Å². The number of methoxy groups -OCH3 is 2. The number of pyridine rings is 2. The van der Waals surface area contributed by atoms with Crippen molar-refractivity contribution in [3.63, 3.8) is 0 Å². The SMILES string of the molecule is COc1cc(-c2nccc(-c3cccc(-c4ccc(CN[C@H]5C[C@@](C)(O)C5)c(OC)n4)c3Cl)c2Cl)cc2c1CN(C[C@@H](C)O)CC2. The Hall–Kier alpha value is -3.24. The number of aliphatic hydroxyl groups excluding tert-OH is 1. The third-order valence-corrected chi connectivity index (χ3v) is 9.73. The zero-order valence-corrected chi connectivity index (χ0v) is 28.1. The van der Waals surface area contributed by atoms with Crippen LogP contribution in [-0.2, 0) is 19.5 Å². The van der Waals surface area contributed by atoms with Crippen LogP contribution in [0.4, 0.5) is 0 Å². The van der Waals surface area contributed by atoms with Gasteiger partial charge in [0.05, 0.1) is 47.4 Å². The number of benzene rings is 2. The Bertz CT molecular complexity index is 1720. The molecule has 10 heteroatoms. The maximum atomic E-state index is 10.0. The largest absolute Gasteiger partial charge is 0.496 e. The van der Waals surface area contributed by atoms with E-state index in [4.69, 9.17) is 37.7 Å². The number of nitrogens with zero attached hydrogens (tertiary/aromatic N) is 3. The molecule has 242 valence electrons. The highest BCUT2D eigenvalue weighted by atomic mass is 35.5. The van der Waals surface area contributed by atoms with Crippen LogP contribution in [0, 0.1) is 0 Å². The van der Waals surface area contributed by atoms with Gasteiger partial charge in [0.2, 0.25) is 5.88 Å². The van der Waals surface area contributed by atoms with Gasteiger partial charge >= 0.3 is 0 Å². The summed E-state index contributed by atoms with van der Waals surface area (Å²) in [4.78, 5) is 11.7. The van der Waals surface area contributed by atoms with E-state index in [9.17, 15) is 10.2 Å². The van der Waals surface area contributed by atoms with Gasteiger partial charge in [-0.2, -0.15) is 0 Å². The highest BCUT2D eigenvalue weighted by Gasteiger charge is 2.38. The summed E-state index contributed by atoms with van der Waals surface area (Å²) in [5, 5.41) is 24.4. The summed E-state index contributed by atoms with van der Waals surface area (Å²) in [6.07, 6.45) is 3.66. The Morgan fingerprint density at radius 3 is 2.52 bits per heavy atom. The number of ether oxygens (including phenoxy) is 2. The molecule has 2 aliphatic rings. The molecule has 1 aliphatic carbocycles. The van der Waals surface area contributed by atoms with E-state index >= 15 is 0 Å². The molecule has 0 unspecified atom stereocenters. The van der Waals surface area contributed by atoms with Gasteiger partial charge in [0.15, 0.2) is 0 Å². The van der Waals surface area contributed by atoms with Crippen molar-refractivity contribution in [2.45, 2.75) is 63.9 Å². The number of halogens is 2. The first-order valence-electron chi connectivity index (χ1n) is 15.6. The Morgan fingerprint density at radius 2 is 1.80 bits per heavy atom. The Labute approximate surface area is 280 Å². The van der Waals surface area contributed by atoms with Crippen LogP contribution in [0.5, 0.6) is 11.6 Å². The zero-order valence-electron chi connectivity index (χ0n) is 26.6. The highest BCUT2D eigenvalue weighted by molar-refractivity contribution is 6.39. The molecule has 8 nitrogen and oxygen atoms in total. The summed E-state index contributed by atoms with van der Waals surface area (Å²) in [5.41, 5.74) is 7.19. The minimum absolute atomic E-state index is 0.272. The van der Waals surface area contributed by atoms with Gasteiger partial charge in [-0.3, -0.25) is 9.88 Å². The molecule has 1 aliphatic heterocycles. The fourth-order valence-electron chi connectivity index (χ4n) is 6.66. The fraction of sp³-hybridized carbons (Fsp3) is 0.389. The maximum Gasteiger partial charge on any atom is 0.218 e. The standard InChI is InChI=1S/C36H40Cl2N4O4/c1-21(43)19-42-13-11-22-14-24(15-31(45-3)29(22)20-42)34-33(38)27(10-12-39-34)26-6-5-7-28(32(26)37)30-9-8-23(35(41-30)46-4)18-40-25-16-36(2,44)17-25/h5-10,12,14-15,21,25,40,43-44H,11,13,16-20H2,1-4H3/t21-,25-,36+/m1/s1. The lowest BCUT2D eigenvalue weighted by molar-refractivity contribution is -0.0393. The smallest absolute Gasteiger partial charge is 0.218 e. The first-order valence-corrected chi connectivity index (χ1v) is 16.4. The quantitative estimate of drug-likeness (QED) is 0.176. The number of rotatable bonds is 10. The van der Waals surface area contributed by atoms with Gasteiger partial charge in [-0.25, -0.2) is 4.98 Å². The van der Waals surface area contributed by atoms with Crippen molar-refractivity contribution in [3.8, 4) is 45.3 Å². The van der Waals surface area contributed by atoms with Gasteiger partial charge in [-0.1, -0.05) is 47.5 Å². The summed E-state index contributed by atoms with van der Waals surface area (Å²) in [6, 6.07) is 16.1. The molecular weight excluding hydrogens is 623 g/mol. The number of aromatic nitrogens is 2. The third-order valence-electron chi connectivity index (χ3n) is 8.94. The summed E-state index contributed by atoms with van der Waals surface area (Å²) in [5.74, 6) is 1.31. The maximum absolute atomic E-state index is 10.0. The molecule has 3 N–H and O–H groups in total. The molecule has 0 amide bonds. The molecule has 6 rings (SSSR count). The Kier molecular flexibility index (Phi) is 9.57. The summed E-state index contributed by atoms with van der Waals surface area (Å²) in [7, 11) is 3.29. The van der Waals surface area contributed by atoms with Gasteiger partial charge in [-0.05, 0) is 62.9 Å². The lowest BCUT2D eigenvalue weighted by Crippen LogP contribution is -2.51. The van der Waals surface area contributed by atoms with Crippen molar-refractivity contribution in [1.82, 2.24) is 20.2 Å². The lowest BCUT2D eigenvalue weighted by atomic mass is 9.77. The number of nitrogens with one attached hydrogen (secondary N) is 1. The summed E-state index contributed by atoms with van der Waals surface area (Å²) >= 11 is 14.2. The third kappa shape index (κ3) is 6.74. The van der Waals surface area contributed by atoms with E-state index in [-0.39, 0.29) is 12.1 Å². The molecule has 2 aromatic carbocycles. The normalized spacial score (nSPS) is 20.1. The molecule has 0 radical (unpaired) electrons. The molecule has 4 aromatic rings. The molecule has 1 fully saturated rings. The topological polar surface area (TPSA) is 100.0 Å². The van der Waals surface area contributed by atoms with Gasteiger partial charge in [-0.15, -0.1) is 0 Å².